The summed E-state index contributed by atoms with van der Waals surface area (Å²) < 4.78 is 3.44. The molecule has 0 bridgehead atoms. The summed E-state index contributed by atoms with van der Waals surface area (Å²) >= 11 is 1.68. The Kier molecular flexibility index (Phi) is 8.00. The maximum Gasteiger partial charge on any atom is 0.329 e. The van der Waals surface area contributed by atoms with Gasteiger partial charge in [-0.2, -0.15) is 0 Å². The van der Waals surface area contributed by atoms with Gasteiger partial charge in [-0.1, -0.05) is 71.1 Å². The molecule has 1 N–H and O–H groups in total. The first-order valence-corrected chi connectivity index (χ1v) is 10.7. The molecule has 0 fully saturated rings. The summed E-state index contributed by atoms with van der Waals surface area (Å²) in [6, 6.07) is 0. The minimum Gasteiger partial charge on any atom is -0.313 e. The summed E-state index contributed by atoms with van der Waals surface area (Å²) in [6.07, 6.45) is 9.60. The number of nitrogens with one attached hydrogen (secondary N) is 1. The fourth-order valence-corrected chi connectivity index (χ4v) is 3.98. The van der Waals surface area contributed by atoms with E-state index in [9.17, 15) is 9.59 Å². The van der Waals surface area contributed by atoms with Crippen LogP contribution in [0.5, 0.6) is 0 Å². The predicted octanol–water partition coefficient (Wildman–Crippen LogP) is 4.06. The van der Waals surface area contributed by atoms with Gasteiger partial charge in [-0.3, -0.25) is 14.3 Å². The average Bonchev–Trinajstić information content (AvgIpc) is 2.97. The van der Waals surface area contributed by atoms with Crippen molar-refractivity contribution in [2.45, 2.75) is 89.1 Å². The van der Waals surface area contributed by atoms with Crippen LogP contribution in [-0.2, 0) is 13.6 Å². The lowest BCUT2D eigenvalue weighted by molar-refractivity contribution is 0.537. The quantitative estimate of drug-likeness (QED) is 0.471. The topological polar surface area (TPSA) is 72.7 Å². The van der Waals surface area contributed by atoms with Crippen molar-refractivity contribution >= 4 is 22.9 Å². The van der Waals surface area contributed by atoms with Crippen LogP contribution in [-0.4, -0.2) is 24.4 Å². The van der Waals surface area contributed by atoms with Crippen LogP contribution >= 0.6 is 11.8 Å². The van der Waals surface area contributed by atoms with Gasteiger partial charge >= 0.3 is 5.69 Å². The van der Waals surface area contributed by atoms with Crippen molar-refractivity contribution in [3.63, 3.8) is 0 Å². The molecule has 2 heterocycles. The van der Waals surface area contributed by atoms with Crippen LogP contribution in [0.2, 0.25) is 0 Å². The smallest absolute Gasteiger partial charge is 0.313 e. The number of aryl methyl sites for hydroxylation is 2. The third kappa shape index (κ3) is 5.02. The molecule has 2 aromatic heterocycles. The second-order valence-electron chi connectivity index (χ2n) is 6.99. The molecule has 0 saturated carbocycles. The van der Waals surface area contributed by atoms with Crippen molar-refractivity contribution in [1.29, 1.82) is 0 Å². The molecule has 7 heteroatoms. The van der Waals surface area contributed by atoms with Crippen molar-refractivity contribution in [3.8, 4) is 0 Å². The van der Waals surface area contributed by atoms with E-state index in [1.807, 2.05) is 4.57 Å². The number of aromatic nitrogens is 4. The third-order valence-electron chi connectivity index (χ3n) is 4.84. The zero-order valence-electron chi connectivity index (χ0n) is 16.5. The first-order valence-electron chi connectivity index (χ1n) is 9.85. The Morgan fingerprint density at radius 2 is 1.73 bits per heavy atom. The molecule has 0 unspecified atom stereocenters. The largest absolute Gasteiger partial charge is 0.329 e. The summed E-state index contributed by atoms with van der Waals surface area (Å²) in [5, 5.41) is 1.25. The molecule has 0 aliphatic rings. The number of hydrogen-bond acceptors (Lipinski definition) is 4. The second-order valence-corrected chi connectivity index (χ2v) is 8.40. The minimum absolute atomic E-state index is 0.338. The number of aromatic amines is 1. The average molecular weight is 381 g/mol. The van der Waals surface area contributed by atoms with E-state index in [-0.39, 0.29) is 5.56 Å². The Bertz CT molecular complexity index is 821. The van der Waals surface area contributed by atoms with E-state index >= 15 is 0 Å². The van der Waals surface area contributed by atoms with E-state index in [0.717, 1.165) is 31.0 Å². The molecular weight excluding hydrogens is 348 g/mol. The highest BCUT2D eigenvalue weighted by Crippen LogP contribution is 2.27. The van der Waals surface area contributed by atoms with Gasteiger partial charge in [0.15, 0.2) is 16.3 Å². The Morgan fingerprint density at radius 3 is 2.38 bits per heavy atom. The van der Waals surface area contributed by atoms with Gasteiger partial charge in [0.1, 0.15) is 0 Å². The van der Waals surface area contributed by atoms with E-state index < -0.39 is 5.69 Å². The number of fused-ring (bicyclic) bond motifs is 1. The van der Waals surface area contributed by atoms with Gasteiger partial charge in [0.05, 0.1) is 0 Å². The first kappa shape index (κ1) is 20.8. The lowest BCUT2D eigenvalue weighted by atomic mass is 10.1. The van der Waals surface area contributed by atoms with E-state index in [1.54, 1.807) is 18.8 Å². The number of thioether (sulfide) groups is 1. The van der Waals surface area contributed by atoms with Crippen molar-refractivity contribution in [2.24, 2.45) is 7.05 Å². The predicted molar refractivity (Wildman–Crippen MR) is 109 cm³/mol. The molecule has 0 amide bonds. The third-order valence-corrected chi connectivity index (χ3v) is 6.10. The van der Waals surface area contributed by atoms with Crippen LogP contribution in [0.1, 0.15) is 72.1 Å². The number of nitrogens with zero attached hydrogens (tertiary/aromatic N) is 3. The SMILES string of the molecule is CCCCCCCCCn1c(S[C@H](C)CC)nc2c1c(=O)[nH]c(=O)n2C. The van der Waals surface area contributed by atoms with Gasteiger partial charge in [-0.25, -0.2) is 9.78 Å². The first-order chi connectivity index (χ1) is 12.5. The van der Waals surface area contributed by atoms with Gasteiger partial charge < -0.3 is 4.57 Å². The lowest BCUT2D eigenvalue weighted by Crippen LogP contribution is -2.29. The second kappa shape index (κ2) is 10.00. The number of hydrogen-bond donors (Lipinski definition) is 1. The fourth-order valence-electron chi connectivity index (χ4n) is 3.00. The van der Waals surface area contributed by atoms with Crippen molar-refractivity contribution in [2.75, 3.05) is 0 Å². The zero-order valence-corrected chi connectivity index (χ0v) is 17.3. The molecule has 0 aromatic carbocycles. The highest BCUT2D eigenvalue weighted by molar-refractivity contribution is 7.99. The number of rotatable bonds is 11. The highest BCUT2D eigenvalue weighted by Gasteiger charge is 2.18. The molecule has 2 rings (SSSR count). The van der Waals surface area contributed by atoms with Crippen molar-refractivity contribution in [1.82, 2.24) is 19.1 Å². The molecule has 0 aliphatic carbocycles. The van der Waals surface area contributed by atoms with Gasteiger partial charge in [-0.05, 0) is 12.8 Å². The van der Waals surface area contributed by atoms with E-state index in [0.29, 0.717) is 16.4 Å². The minimum atomic E-state index is -0.414. The Labute approximate surface area is 159 Å². The van der Waals surface area contributed by atoms with Crippen LogP contribution in [0.15, 0.2) is 14.7 Å². The van der Waals surface area contributed by atoms with Crippen LogP contribution in [0.4, 0.5) is 0 Å². The summed E-state index contributed by atoms with van der Waals surface area (Å²) in [4.78, 5) is 31.3. The summed E-state index contributed by atoms with van der Waals surface area (Å²) in [5.41, 5.74) is 0.245. The van der Waals surface area contributed by atoms with E-state index in [4.69, 9.17) is 0 Å². The number of imidazole rings is 1. The van der Waals surface area contributed by atoms with Gasteiger partial charge in [0, 0.05) is 18.8 Å². The monoisotopic (exact) mass is 380 g/mol. The molecule has 0 saturated heterocycles. The van der Waals surface area contributed by atoms with Crippen LogP contribution in [0.3, 0.4) is 0 Å². The molecule has 2 aromatic rings. The molecule has 1 atom stereocenters. The van der Waals surface area contributed by atoms with Gasteiger partial charge in [0.2, 0.25) is 0 Å². The molecule has 146 valence electrons. The van der Waals surface area contributed by atoms with Gasteiger partial charge in [0.25, 0.3) is 5.56 Å². The Balaban J connectivity index is 2.21. The van der Waals surface area contributed by atoms with Gasteiger partial charge in [-0.15, -0.1) is 0 Å². The molecule has 0 radical (unpaired) electrons. The fraction of sp³-hybridized carbons (Fsp3) is 0.737. The summed E-state index contributed by atoms with van der Waals surface area (Å²) in [5.74, 6) is 0. The van der Waals surface area contributed by atoms with Crippen LogP contribution in [0, 0.1) is 0 Å². The molecule has 26 heavy (non-hydrogen) atoms. The maximum absolute atomic E-state index is 12.4. The van der Waals surface area contributed by atoms with Crippen molar-refractivity contribution < 1.29 is 0 Å². The van der Waals surface area contributed by atoms with Crippen molar-refractivity contribution in [3.05, 3.63) is 20.8 Å². The standard InChI is InChI=1S/C19H32N4O2S/c1-5-7-8-9-10-11-12-13-23-15-16(20-19(23)26-14(3)6-2)22(4)18(25)21-17(15)24/h14H,5-13H2,1-4H3,(H,21,24,25)/t14-/m1/s1. The Morgan fingerprint density at radius 1 is 1.08 bits per heavy atom. The maximum atomic E-state index is 12.4. The lowest BCUT2D eigenvalue weighted by Gasteiger charge is -2.11. The number of unbranched alkanes of at least 4 members (excludes halogenated alkanes) is 6. The summed E-state index contributed by atoms with van der Waals surface area (Å²) in [7, 11) is 1.66. The molecule has 0 spiro atoms. The Hall–Kier alpha value is -1.50. The molecular formula is C19H32N4O2S. The van der Waals surface area contributed by atoms with Crippen LogP contribution < -0.4 is 11.2 Å². The molecule has 6 nitrogen and oxygen atoms in total. The normalized spacial score (nSPS) is 12.8. The molecule has 0 aliphatic heterocycles. The summed E-state index contributed by atoms with van der Waals surface area (Å²) in [6.45, 7) is 7.30. The van der Waals surface area contributed by atoms with Crippen LogP contribution in [0.25, 0.3) is 11.2 Å². The highest BCUT2D eigenvalue weighted by atomic mass is 32.2. The van der Waals surface area contributed by atoms with E-state index in [2.05, 4.69) is 30.7 Å². The number of H-pyrrole nitrogens is 1. The van der Waals surface area contributed by atoms with E-state index in [1.165, 1.54) is 36.7 Å². The zero-order chi connectivity index (χ0) is 19.1.